The zero-order valence-electron chi connectivity index (χ0n) is 14.3. The van der Waals surface area contributed by atoms with E-state index in [1.54, 1.807) is 19.1 Å². The Kier molecular flexibility index (Phi) is 5.38. The summed E-state index contributed by atoms with van der Waals surface area (Å²) in [6.07, 6.45) is 0. The lowest BCUT2D eigenvalue weighted by Gasteiger charge is -2.07. The van der Waals surface area contributed by atoms with Crippen LogP contribution in [0.2, 0.25) is 5.02 Å². The number of hydrogen-bond donors (Lipinski definition) is 0. The molecule has 140 valence electrons. The van der Waals surface area contributed by atoms with Crippen LogP contribution in [0.25, 0.3) is 10.2 Å². The Labute approximate surface area is 161 Å². The van der Waals surface area contributed by atoms with Crippen molar-refractivity contribution in [2.75, 3.05) is 7.11 Å². The first-order valence-electron chi connectivity index (χ1n) is 7.71. The van der Waals surface area contributed by atoms with Crippen molar-refractivity contribution in [3.8, 4) is 0 Å². The smallest absolute Gasteiger partial charge is 0.325 e. The van der Waals surface area contributed by atoms with Gasteiger partial charge >= 0.3 is 5.97 Å². The predicted octanol–water partition coefficient (Wildman–Crippen LogP) is 3.86. The molecule has 1 aromatic heterocycles. The molecule has 0 fully saturated rings. The Bertz CT molecular complexity index is 1120. The summed E-state index contributed by atoms with van der Waals surface area (Å²) in [5.41, 5.74) is 0.521. The van der Waals surface area contributed by atoms with E-state index in [4.69, 9.17) is 16.3 Å². The van der Waals surface area contributed by atoms with Gasteiger partial charge in [-0.05, 0) is 36.8 Å². The standard InChI is InChI=1S/C18H13ClF2N2O3S/c1-9-10(19)6-7-13-16(9)23(8-14(24)26-2)18(27-13)22-17(25)15-11(20)4-3-5-12(15)21/h3-7H,8H2,1-2H3. The minimum atomic E-state index is -1.08. The topological polar surface area (TPSA) is 60.7 Å². The number of carbonyl (C=O) groups is 2. The van der Waals surface area contributed by atoms with Crippen LogP contribution in [-0.4, -0.2) is 23.6 Å². The summed E-state index contributed by atoms with van der Waals surface area (Å²) >= 11 is 7.26. The third-order valence-electron chi connectivity index (χ3n) is 3.92. The fourth-order valence-electron chi connectivity index (χ4n) is 2.59. The highest BCUT2D eigenvalue weighted by Gasteiger charge is 2.19. The number of rotatable bonds is 3. The molecular formula is C18H13ClF2N2O3S. The highest BCUT2D eigenvalue weighted by Crippen LogP contribution is 2.27. The van der Waals surface area contributed by atoms with Crippen molar-refractivity contribution in [2.24, 2.45) is 4.99 Å². The first-order chi connectivity index (χ1) is 12.8. The summed E-state index contributed by atoms with van der Waals surface area (Å²) in [5.74, 6) is -3.67. The minimum absolute atomic E-state index is 0.105. The number of methoxy groups -OCH3 is 1. The molecule has 0 saturated heterocycles. The third kappa shape index (κ3) is 3.63. The van der Waals surface area contributed by atoms with Crippen LogP contribution in [0, 0.1) is 18.6 Å². The van der Waals surface area contributed by atoms with Gasteiger partial charge in [-0.15, -0.1) is 0 Å². The number of thiazole rings is 1. The van der Waals surface area contributed by atoms with E-state index in [2.05, 4.69) is 4.99 Å². The fourth-order valence-corrected chi connectivity index (χ4v) is 3.83. The monoisotopic (exact) mass is 410 g/mol. The number of aryl methyl sites for hydroxylation is 1. The number of hydrogen-bond acceptors (Lipinski definition) is 4. The van der Waals surface area contributed by atoms with Gasteiger partial charge in [-0.1, -0.05) is 29.0 Å². The molecule has 0 spiro atoms. The molecule has 2 aromatic carbocycles. The van der Waals surface area contributed by atoms with E-state index in [1.807, 2.05) is 0 Å². The molecule has 0 N–H and O–H groups in total. The van der Waals surface area contributed by atoms with Gasteiger partial charge in [-0.3, -0.25) is 9.59 Å². The Morgan fingerprint density at radius 1 is 1.22 bits per heavy atom. The Morgan fingerprint density at radius 3 is 2.52 bits per heavy atom. The zero-order valence-corrected chi connectivity index (χ0v) is 15.8. The largest absolute Gasteiger partial charge is 0.468 e. The number of nitrogens with zero attached hydrogens (tertiary/aromatic N) is 2. The number of ether oxygens (including phenoxy) is 1. The Balaban J connectivity index is 2.25. The van der Waals surface area contributed by atoms with Crippen molar-refractivity contribution in [3.63, 3.8) is 0 Å². The van der Waals surface area contributed by atoms with E-state index in [0.29, 0.717) is 20.8 Å². The quantitative estimate of drug-likeness (QED) is 0.616. The van der Waals surface area contributed by atoms with E-state index >= 15 is 0 Å². The van der Waals surface area contributed by atoms with Gasteiger partial charge in [-0.2, -0.15) is 4.99 Å². The molecule has 0 atom stereocenters. The molecule has 0 aliphatic rings. The first-order valence-corrected chi connectivity index (χ1v) is 8.91. The number of benzene rings is 2. The number of halogens is 3. The van der Waals surface area contributed by atoms with Crippen molar-refractivity contribution in [1.82, 2.24) is 4.57 Å². The van der Waals surface area contributed by atoms with Crippen LogP contribution in [0.15, 0.2) is 35.3 Å². The van der Waals surface area contributed by atoms with Gasteiger partial charge in [0.05, 0.1) is 17.3 Å². The Hall–Kier alpha value is -2.58. The van der Waals surface area contributed by atoms with E-state index in [-0.39, 0.29) is 11.3 Å². The summed E-state index contributed by atoms with van der Waals surface area (Å²) in [7, 11) is 1.23. The van der Waals surface area contributed by atoms with Crippen molar-refractivity contribution in [2.45, 2.75) is 13.5 Å². The Morgan fingerprint density at radius 2 is 1.89 bits per heavy atom. The summed E-state index contributed by atoms with van der Waals surface area (Å²) < 4.78 is 34.6. The van der Waals surface area contributed by atoms with Gasteiger partial charge in [0.2, 0.25) is 0 Å². The van der Waals surface area contributed by atoms with Gasteiger partial charge in [0.15, 0.2) is 4.80 Å². The van der Waals surface area contributed by atoms with E-state index in [0.717, 1.165) is 29.5 Å². The maximum absolute atomic E-state index is 13.9. The fraction of sp³-hybridized carbons (Fsp3) is 0.167. The molecule has 0 saturated carbocycles. The van der Waals surface area contributed by atoms with Gasteiger partial charge in [0, 0.05) is 5.02 Å². The first kappa shape index (κ1) is 19.2. The van der Waals surface area contributed by atoms with Crippen molar-refractivity contribution in [1.29, 1.82) is 0 Å². The molecule has 27 heavy (non-hydrogen) atoms. The van der Waals surface area contributed by atoms with Crippen LogP contribution in [0.4, 0.5) is 8.78 Å². The summed E-state index contributed by atoms with van der Waals surface area (Å²) in [4.78, 5) is 28.2. The molecule has 0 bridgehead atoms. The molecular weight excluding hydrogens is 398 g/mol. The number of fused-ring (bicyclic) bond motifs is 1. The molecule has 1 heterocycles. The molecule has 0 aliphatic carbocycles. The van der Waals surface area contributed by atoms with Crippen LogP contribution in [0.3, 0.4) is 0 Å². The van der Waals surface area contributed by atoms with Gasteiger partial charge in [0.1, 0.15) is 23.7 Å². The number of esters is 1. The lowest BCUT2D eigenvalue weighted by molar-refractivity contribution is -0.141. The second-order valence-electron chi connectivity index (χ2n) is 5.58. The molecule has 9 heteroatoms. The molecule has 0 aliphatic heterocycles. The van der Waals surface area contributed by atoms with Gasteiger partial charge in [0.25, 0.3) is 5.91 Å². The molecule has 0 radical (unpaired) electrons. The molecule has 3 aromatic rings. The van der Waals surface area contributed by atoms with Crippen LogP contribution < -0.4 is 4.80 Å². The normalized spacial score (nSPS) is 11.8. The summed E-state index contributed by atoms with van der Waals surface area (Å²) in [6, 6.07) is 6.51. The van der Waals surface area contributed by atoms with Crippen LogP contribution in [-0.2, 0) is 16.1 Å². The number of carbonyl (C=O) groups excluding carboxylic acids is 2. The summed E-state index contributed by atoms with van der Waals surface area (Å²) in [6.45, 7) is 1.52. The van der Waals surface area contributed by atoms with Crippen LogP contribution in [0.1, 0.15) is 15.9 Å². The highest BCUT2D eigenvalue weighted by atomic mass is 35.5. The van der Waals surface area contributed by atoms with Crippen molar-refractivity contribution in [3.05, 3.63) is 62.9 Å². The lowest BCUT2D eigenvalue weighted by Crippen LogP contribution is -2.23. The predicted molar refractivity (Wildman–Crippen MR) is 97.8 cm³/mol. The average Bonchev–Trinajstić information content (AvgIpc) is 2.95. The summed E-state index contributed by atoms with van der Waals surface area (Å²) in [5, 5.41) is 0.469. The van der Waals surface area contributed by atoms with Crippen LogP contribution in [0.5, 0.6) is 0 Å². The third-order valence-corrected chi connectivity index (χ3v) is 5.37. The molecule has 5 nitrogen and oxygen atoms in total. The molecule has 3 rings (SSSR count). The minimum Gasteiger partial charge on any atom is -0.468 e. The van der Waals surface area contributed by atoms with Crippen molar-refractivity contribution < 1.29 is 23.1 Å². The number of aromatic nitrogens is 1. The zero-order chi connectivity index (χ0) is 19.7. The SMILES string of the molecule is COC(=O)Cn1c(=NC(=O)c2c(F)cccc2F)sc2ccc(Cl)c(C)c21. The van der Waals surface area contributed by atoms with E-state index in [1.165, 1.54) is 11.7 Å². The maximum atomic E-state index is 13.9. The van der Waals surface area contributed by atoms with E-state index < -0.39 is 29.1 Å². The molecule has 0 unspecified atom stereocenters. The van der Waals surface area contributed by atoms with Crippen LogP contribution >= 0.6 is 22.9 Å². The second kappa shape index (κ2) is 7.58. The van der Waals surface area contributed by atoms with Gasteiger partial charge < -0.3 is 9.30 Å². The maximum Gasteiger partial charge on any atom is 0.325 e. The average molecular weight is 411 g/mol. The van der Waals surface area contributed by atoms with Gasteiger partial charge in [-0.25, -0.2) is 8.78 Å². The number of amides is 1. The lowest BCUT2D eigenvalue weighted by atomic mass is 10.2. The molecule has 1 amide bonds. The second-order valence-corrected chi connectivity index (χ2v) is 7.00. The highest BCUT2D eigenvalue weighted by molar-refractivity contribution is 7.16. The van der Waals surface area contributed by atoms with Crippen molar-refractivity contribution >= 4 is 45.0 Å². The van der Waals surface area contributed by atoms with E-state index in [9.17, 15) is 18.4 Å².